The van der Waals surface area contributed by atoms with Gasteiger partial charge in [0, 0.05) is 18.2 Å². The van der Waals surface area contributed by atoms with Crippen LogP contribution in [-0.2, 0) is 17.6 Å². The molecule has 1 unspecified atom stereocenters. The topological polar surface area (TPSA) is 58.6 Å². The van der Waals surface area contributed by atoms with Gasteiger partial charge >= 0.3 is 0 Å². The van der Waals surface area contributed by atoms with Crippen molar-refractivity contribution in [3.8, 4) is 28.7 Å². The van der Waals surface area contributed by atoms with Gasteiger partial charge in [0.2, 0.25) is 5.75 Å². The molecule has 0 N–H and O–H groups in total. The Bertz CT molecular complexity index is 1170. The van der Waals surface area contributed by atoms with Crippen LogP contribution in [0.15, 0.2) is 73.9 Å². The molecule has 0 radical (unpaired) electrons. The number of allylic oxidation sites excluding steroid dienone is 1. The molecule has 1 atom stereocenters. The van der Waals surface area contributed by atoms with Gasteiger partial charge in [-0.2, -0.15) is 0 Å². The van der Waals surface area contributed by atoms with Gasteiger partial charge < -0.3 is 28.4 Å². The second-order valence-electron chi connectivity index (χ2n) is 8.37. The molecule has 1 aliphatic heterocycles. The molecule has 0 saturated heterocycles. The van der Waals surface area contributed by atoms with Crippen molar-refractivity contribution in [2.45, 2.75) is 18.9 Å². The molecule has 0 fully saturated rings. The molecule has 0 amide bonds. The number of fused-ring (bicyclic) bond motifs is 1. The molecular formula is C29H35NO6. The highest BCUT2D eigenvalue weighted by Gasteiger charge is 2.33. The van der Waals surface area contributed by atoms with E-state index in [0.717, 1.165) is 29.7 Å². The van der Waals surface area contributed by atoms with Crippen molar-refractivity contribution < 1.29 is 28.4 Å². The van der Waals surface area contributed by atoms with E-state index in [1.807, 2.05) is 24.3 Å². The summed E-state index contributed by atoms with van der Waals surface area (Å²) < 4.78 is 34.2. The van der Waals surface area contributed by atoms with E-state index >= 15 is 0 Å². The van der Waals surface area contributed by atoms with Gasteiger partial charge in [-0.3, -0.25) is 4.90 Å². The normalized spacial score (nSPS) is 14.8. The van der Waals surface area contributed by atoms with E-state index in [4.69, 9.17) is 28.4 Å². The fourth-order valence-corrected chi connectivity index (χ4v) is 4.26. The van der Waals surface area contributed by atoms with E-state index in [2.05, 4.69) is 38.3 Å². The minimum absolute atomic E-state index is 0.0315. The van der Waals surface area contributed by atoms with E-state index < -0.39 is 0 Å². The van der Waals surface area contributed by atoms with Crippen molar-refractivity contribution >= 4 is 0 Å². The highest BCUT2D eigenvalue weighted by Crippen LogP contribution is 2.49. The molecule has 192 valence electrons. The first-order chi connectivity index (χ1) is 17.3. The Morgan fingerprint density at radius 1 is 0.917 bits per heavy atom. The number of nitrogens with zero attached hydrogens (tertiary/aromatic N) is 1. The number of ether oxygens (including phenoxy) is 6. The average Bonchev–Trinajstić information content (AvgIpc) is 2.89. The minimum Gasteiger partial charge on any atom is -0.493 e. The SMILES string of the molecule is C=CC(=C)Oc1cc(CC2c3c(cc(OC)c(OC)c3OC(=C)C(=C)OC)CCN2C)ccc1OC. The molecule has 0 aliphatic carbocycles. The summed E-state index contributed by atoms with van der Waals surface area (Å²) in [6.45, 7) is 16.3. The van der Waals surface area contributed by atoms with Crippen LogP contribution >= 0.6 is 0 Å². The maximum Gasteiger partial charge on any atom is 0.204 e. The van der Waals surface area contributed by atoms with Crippen molar-refractivity contribution in [1.82, 2.24) is 4.90 Å². The molecule has 0 spiro atoms. The lowest BCUT2D eigenvalue weighted by Crippen LogP contribution is -2.34. The third kappa shape index (κ3) is 5.52. The van der Waals surface area contributed by atoms with Gasteiger partial charge in [-0.1, -0.05) is 32.4 Å². The Labute approximate surface area is 213 Å². The lowest BCUT2D eigenvalue weighted by molar-refractivity contribution is 0.215. The molecular weight excluding hydrogens is 458 g/mol. The van der Waals surface area contributed by atoms with Gasteiger partial charge in [-0.15, -0.1) is 0 Å². The summed E-state index contributed by atoms with van der Waals surface area (Å²) in [6.07, 6.45) is 3.06. The molecule has 1 heterocycles. The van der Waals surface area contributed by atoms with Crippen molar-refractivity contribution in [2.75, 3.05) is 42.0 Å². The predicted molar refractivity (Wildman–Crippen MR) is 141 cm³/mol. The Morgan fingerprint density at radius 2 is 1.64 bits per heavy atom. The van der Waals surface area contributed by atoms with Crippen LogP contribution < -0.4 is 23.7 Å². The Balaban J connectivity index is 2.11. The molecule has 7 nitrogen and oxygen atoms in total. The summed E-state index contributed by atoms with van der Waals surface area (Å²) in [6, 6.07) is 7.86. The van der Waals surface area contributed by atoms with Gasteiger partial charge in [-0.25, -0.2) is 0 Å². The molecule has 0 bridgehead atoms. The Hall–Kier alpha value is -3.84. The van der Waals surface area contributed by atoms with Crippen molar-refractivity contribution in [1.29, 1.82) is 0 Å². The van der Waals surface area contributed by atoms with E-state index in [-0.39, 0.29) is 6.04 Å². The molecule has 1 aliphatic rings. The van der Waals surface area contributed by atoms with Crippen LogP contribution in [0.3, 0.4) is 0 Å². The first-order valence-corrected chi connectivity index (χ1v) is 11.5. The molecule has 3 rings (SSSR count). The summed E-state index contributed by atoms with van der Waals surface area (Å²) in [4.78, 5) is 2.29. The van der Waals surface area contributed by atoms with Gasteiger partial charge in [0.1, 0.15) is 5.76 Å². The van der Waals surface area contributed by atoms with E-state index in [1.54, 1.807) is 27.4 Å². The fourth-order valence-electron chi connectivity index (χ4n) is 4.26. The number of hydrogen-bond acceptors (Lipinski definition) is 7. The van der Waals surface area contributed by atoms with Gasteiger partial charge in [0.25, 0.3) is 0 Å². The van der Waals surface area contributed by atoms with Crippen molar-refractivity contribution in [2.24, 2.45) is 0 Å². The Morgan fingerprint density at radius 3 is 2.25 bits per heavy atom. The summed E-state index contributed by atoms with van der Waals surface area (Å²) >= 11 is 0. The second-order valence-corrected chi connectivity index (χ2v) is 8.37. The van der Waals surface area contributed by atoms with E-state index in [9.17, 15) is 0 Å². The van der Waals surface area contributed by atoms with Crippen LogP contribution in [0.4, 0.5) is 0 Å². The standard InChI is InChI=1S/C29H35NO6/c1-10-18(2)35-25-16-21(11-12-24(25)32-7)15-23-27-22(13-14-30(23)5)17-26(33-8)28(34-9)29(27)36-20(4)19(3)31-6/h10-12,16-17,23H,1-4,13-15H2,5-9H3. The van der Waals surface area contributed by atoms with Crippen molar-refractivity contribution in [3.05, 3.63) is 90.6 Å². The lowest BCUT2D eigenvalue weighted by Gasteiger charge is -2.37. The Kier molecular flexibility index (Phi) is 8.72. The quantitative estimate of drug-likeness (QED) is 0.281. The second kappa shape index (κ2) is 11.7. The van der Waals surface area contributed by atoms with Gasteiger partial charge in [0.15, 0.2) is 34.5 Å². The number of benzene rings is 2. The zero-order chi connectivity index (χ0) is 26.4. The fraction of sp³-hybridized carbons (Fsp3) is 0.310. The van der Waals surface area contributed by atoms with Crippen LogP contribution in [0.1, 0.15) is 22.7 Å². The van der Waals surface area contributed by atoms with E-state index in [1.165, 1.54) is 7.11 Å². The van der Waals surface area contributed by atoms with Gasteiger partial charge in [0.05, 0.1) is 28.4 Å². The highest BCUT2D eigenvalue weighted by molar-refractivity contribution is 5.62. The molecule has 0 aromatic heterocycles. The van der Waals surface area contributed by atoms with Crippen LogP contribution in [0.25, 0.3) is 0 Å². The zero-order valence-corrected chi connectivity index (χ0v) is 21.8. The largest absolute Gasteiger partial charge is 0.493 e. The number of rotatable bonds is 12. The molecule has 7 heteroatoms. The number of methoxy groups -OCH3 is 4. The summed E-state index contributed by atoms with van der Waals surface area (Å²) in [7, 11) is 8.42. The highest BCUT2D eigenvalue weighted by atomic mass is 16.6. The van der Waals surface area contributed by atoms with Gasteiger partial charge in [-0.05, 0) is 55.3 Å². The molecule has 2 aromatic rings. The van der Waals surface area contributed by atoms with Crippen LogP contribution in [0.5, 0.6) is 28.7 Å². The third-order valence-corrected chi connectivity index (χ3v) is 6.26. The first-order valence-electron chi connectivity index (χ1n) is 11.5. The molecule has 0 saturated carbocycles. The summed E-state index contributed by atoms with van der Waals surface area (Å²) in [5.41, 5.74) is 3.17. The average molecular weight is 494 g/mol. The van der Waals surface area contributed by atoms with Crippen LogP contribution in [-0.4, -0.2) is 46.9 Å². The van der Waals surface area contributed by atoms with Crippen LogP contribution in [0, 0.1) is 0 Å². The summed E-state index contributed by atoms with van der Waals surface area (Å²) in [5, 5.41) is 0. The maximum atomic E-state index is 6.26. The predicted octanol–water partition coefficient (Wildman–Crippen LogP) is 5.62. The number of hydrogen-bond donors (Lipinski definition) is 0. The van der Waals surface area contributed by atoms with Crippen molar-refractivity contribution in [3.63, 3.8) is 0 Å². The molecule has 36 heavy (non-hydrogen) atoms. The lowest BCUT2D eigenvalue weighted by atomic mass is 9.87. The van der Waals surface area contributed by atoms with Crippen LogP contribution in [0.2, 0.25) is 0 Å². The van der Waals surface area contributed by atoms with E-state index in [0.29, 0.717) is 52.4 Å². The minimum atomic E-state index is -0.0315. The zero-order valence-electron chi connectivity index (χ0n) is 21.8. The third-order valence-electron chi connectivity index (χ3n) is 6.26. The maximum absolute atomic E-state index is 6.26. The smallest absolute Gasteiger partial charge is 0.204 e. The molecule has 2 aromatic carbocycles. The monoisotopic (exact) mass is 493 g/mol. The number of likely N-dealkylation sites (N-methyl/N-ethyl adjacent to an activating group) is 1. The summed E-state index contributed by atoms with van der Waals surface area (Å²) in [5.74, 6) is 3.87. The first kappa shape index (κ1) is 26.8.